The zero-order valence-electron chi connectivity index (χ0n) is 26.5. The van der Waals surface area contributed by atoms with E-state index in [1.807, 2.05) is 62.1 Å². The summed E-state index contributed by atoms with van der Waals surface area (Å²) in [6, 6.07) is 20.9. The molecule has 0 bridgehead atoms. The van der Waals surface area contributed by atoms with Crippen LogP contribution < -0.4 is 0 Å². The smallest absolute Gasteiger partial charge is 0.410 e. The molecule has 242 valence electrons. The Morgan fingerprint density at radius 3 is 2.31 bits per heavy atom. The molecular formula is C35H43F2N3O4S. The Bertz CT molecular complexity index is 1600. The molecule has 0 radical (unpaired) electrons. The molecule has 0 aromatic heterocycles. The maximum Gasteiger partial charge on any atom is 0.410 e. The summed E-state index contributed by atoms with van der Waals surface area (Å²) in [5, 5.41) is 0. The quantitative estimate of drug-likeness (QED) is 0.280. The van der Waals surface area contributed by atoms with E-state index >= 15 is 0 Å². The molecule has 45 heavy (non-hydrogen) atoms. The minimum absolute atomic E-state index is 0.106. The summed E-state index contributed by atoms with van der Waals surface area (Å²) in [5.74, 6) is -2.39. The number of hydrogen-bond acceptors (Lipinski definition) is 5. The lowest BCUT2D eigenvalue weighted by atomic mass is 9.69. The maximum atomic E-state index is 13.9. The standard InChI is InChI=1S/C35H43F2N3O4S/c1-34(2,3)44-33(41)40-24-28-12-8-9-13-30(28)35(25-40)17-20-39(21-18-35)19-16-27(26-10-6-5-7-11-26)23-38(4)45(42,43)29-14-15-31(36)32(37)22-29/h5-15,22,27H,16-21,23-25H2,1-4H3. The van der Waals surface area contributed by atoms with E-state index < -0.39 is 27.3 Å². The number of hydrogen-bond donors (Lipinski definition) is 0. The van der Waals surface area contributed by atoms with Crippen LogP contribution in [-0.2, 0) is 26.7 Å². The van der Waals surface area contributed by atoms with Gasteiger partial charge in [-0.25, -0.2) is 26.3 Å². The van der Waals surface area contributed by atoms with Crippen molar-refractivity contribution in [2.45, 2.75) is 68.4 Å². The predicted octanol–water partition coefficient (Wildman–Crippen LogP) is 6.54. The first-order chi connectivity index (χ1) is 21.3. The topological polar surface area (TPSA) is 70.2 Å². The second-order valence-electron chi connectivity index (χ2n) is 13.4. The molecule has 2 aliphatic rings. The van der Waals surface area contributed by atoms with Crippen LogP contribution in [-0.4, -0.2) is 74.0 Å². The first kappa shape index (κ1) is 33.0. The first-order valence-electron chi connectivity index (χ1n) is 15.5. The highest BCUT2D eigenvalue weighted by Crippen LogP contribution is 2.42. The molecule has 3 aromatic rings. The molecule has 0 N–H and O–H groups in total. The zero-order chi connectivity index (χ0) is 32.4. The van der Waals surface area contributed by atoms with Gasteiger partial charge in [0.05, 0.1) is 4.90 Å². The molecule has 1 saturated heterocycles. The molecule has 0 saturated carbocycles. The van der Waals surface area contributed by atoms with Gasteiger partial charge in [-0.3, -0.25) is 0 Å². The van der Waals surface area contributed by atoms with E-state index in [1.165, 1.54) is 16.9 Å². The molecule has 10 heteroatoms. The van der Waals surface area contributed by atoms with Crippen LogP contribution in [0.1, 0.15) is 62.6 Å². The number of nitrogens with zero attached hydrogens (tertiary/aromatic N) is 3. The van der Waals surface area contributed by atoms with Crippen LogP contribution in [0.3, 0.4) is 0 Å². The number of carbonyl (C=O) groups is 1. The lowest BCUT2D eigenvalue weighted by Crippen LogP contribution is -2.54. The lowest BCUT2D eigenvalue weighted by Gasteiger charge is -2.48. The molecule has 2 aliphatic heterocycles. The van der Waals surface area contributed by atoms with Gasteiger partial charge < -0.3 is 14.5 Å². The van der Waals surface area contributed by atoms with E-state index in [-0.39, 0.29) is 28.9 Å². The van der Waals surface area contributed by atoms with Crippen LogP contribution >= 0.6 is 0 Å². The summed E-state index contributed by atoms with van der Waals surface area (Å²) in [7, 11) is -2.54. The van der Waals surface area contributed by atoms with Crippen LogP contribution in [0.2, 0.25) is 0 Å². The Labute approximate surface area is 265 Å². The second-order valence-corrected chi connectivity index (χ2v) is 15.4. The molecule has 1 atom stereocenters. The third kappa shape index (κ3) is 7.56. The molecule has 5 rings (SSSR count). The van der Waals surface area contributed by atoms with Crippen LogP contribution in [0.25, 0.3) is 0 Å². The number of likely N-dealkylation sites (N-methyl/N-ethyl adjacent to an activating group) is 1. The fourth-order valence-electron chi connectivity index (χ4n) is 6.63. The number of piperidine rings is 1. The minimum atomic E-state index is -4.02. The van der Waals surface area contributed by atoms with Crippen molar-refractivity contribution in [3.05, 3.63) is 101 Å². The predicted molar refractivity (Wildman–Crippen MR) is 170 cm³/mol. The van der Waals surface area contributed by atoms with Gasteiger partial charge >= 0.3 is 6.09 Å². The molecule has 2 heterocycles. The van der Waals surface area contributed by atoms with Gasteiger partial charge in [-0.2, -0.15) is 0 Å². The van der Waals surface area contributed by atoms with Crippen molar-refractivity contribution in [1.29, 1.82) is 0 Å². The molecule has 1 spiro atoms. The van der Waals surface area contributed by atoms with Gasteiger partial charge in [-0.05, 0) is 100 Å². The SMILES string of the molecule is CN(CC(CCN1CCC2(CC1)CN(C(=O)OC(C)(C)C)Cc1ccccc12)c1ccccc1)S(=O)(=O)c1ccc(F)c(F)c1. The number of fused-ring (bicyclic) bond motifs is 2. The van der Waals surface area contributed by atoms with Crippen molar-refractivity contribution in [1.82, 2.24) is 14.1 Å². The summed E-state index contributed by atoms with van der Waals surface area (Å²) >= 11 is 0. The van der Waals surface area contributed by atoms with Gasteiger partial charge in [-0.1, -0.05) is 54.6 Å². The molecule has 1 amide bonds. The van der Waals surface area contributed by atoms with Crippen LogP contribution in [0, 0.1) is 11.6 Å². The van der Waals surface area contributed by atoms with Gasteiger partial charge in [0.2, 0.25) is 10.0 Å². The first-order valence-corrected chi connectivity index (χ1v) is 17.0. The number of halogens is 2. The van der Waals surface area contributed by atoms with Crippen molar-refractivity contribution in [2.75, 3.05) is 39.8 Å². The fraction of sp³-hybridized carbons (Fsp3) is 0.457. The lowest BCUT2D eigenvalue weighted by molar-refractivity contribution is 0.0104. The molecular weight excluding hydrogens is 596 g/mol. The average Bonchev–Trinajstić information content (AvgIpc) is 3.01. The van der Waals surface area contributed by atoms with E-state index in [9.17, 15) is 22.0 Å². The highest BCUT2D eigenvalue weighted by atomic mass is 32.2. The Balaban J connectivity index is 1.27. The normalized spacial score (nSPS) is 17.7. The number of carbonyl (C=O) groups excluding carboxylic acids is 1. The van der Waals surface area contributed by atoms with E-state index in [4.69, 9.17) is 4.74 Å². The summed E-state index contributed by atoms with van der Waals surface area (Å²) in [6.07, 6.45) is 2.22. The molecule has 3 aromatic carbocycles. The molecule has 1 fully saturated rings. The van der Waals surface area contributed by atoms with Crippen LogP contribution in [0.15, 0.2) is 77.7 Å². The van der Waals surface area contributed by atoms with Gasteiger partial charge in [0.25, 0.3) is 0 Å². The number of amides is 1. The number of rotatable bonds is 8. The highest BCUT2D eigenvalue weighted by molar-refractivity contribution is 7.89. The Morgan fingerprint density at radius 2 is 1.64 bits per heavy atom. The summed E-state index contributed by atoms with van der Waals surface area (Å²) in [5.41, 5.74) is 2.78. The minimum Gasteiger partial charge on any atom is -0.444 e. The zero-order valence-corrected chi connectivity index (χ0v) is 27.3. The second kappa shape index (κ2) is 13.2. The fourth-order valence-corrected chi connectivity index (χ4v) is 7.86. The van der Waals surface area contributed by atoms with Gasteiger partial charge in [0, 0.05) is 32.1 Å². The van der Waals surface area contributed by atoms with E-state index in [0.717, 1.165) is 68.2 Å². The van der Waals surface area contributed by atoms with E-state index in [0.29, 0.717) is 13.1 Å². The van der Waals surface area contributed by atoms with Gasteiger partial charge in [0.15, 0.2) is 11.6 Å². The van der Waals surface area contributed by atoms with E-state index in [2.05, 4.69) is 23.1 Å². The summed E-state index contributed by atoms with van der Waals surface area (Å²) in [4.78, 5) is 17.1. The van der Waals surface area contributed by atoms with E-state index in [1.54, 1.807) is 0 Å². The third-order valence-electron chi connectivity index (χ3n) is 9.05. The number of ether oxygens (including phenoxy) is 1. The van der Waals surface area contributed by atoms with Crippen LogP contribution in [0.4, 0.5) is 13.6 Å². The Morgan fingerprint density at radius 1 is 0.978 bits per heavy atom. The average molecular weight is 640 g/mol. The number of sulfonamides is 1. The summed E-state index contributed by atoms with van der Waals surface area (Å²) in [6.45, 7) is 9.47. The number of likely N-dealkylation sites (tertiary alicyclic amines) is 1. The van der Waals surface area contributed by atoms with Crippen LogP contribution in [0.5, 0.6) is 0 Å². The van der Waals surface area contributed by atoms with Gasteiger partial charge in [-0.15, -0.1) is 0 Å². The molecule has 1 unspecified atom stereocenters. The third-order valence-corrected chi connectivity index (χ3v) is 10.9. The summed E-state index contributed by atoms with van der Waals surface area (Å²) < 4.78 is 60.9. The van der Waals surface area contributed by atoms with Crippen molar-refractivity contribution in [3.63, 3.8) is 0 Å². The number of benzene rings is 3. The Kier molecular flexibility index (Phi) is 9.68. The van der Waals surface area contributed by atoms with Crippen molar-refractivity contribution in [3.8, 4) is 0 Å². The maximum absolute atomic E-state index is 13.9. The Hall–Kier alpha value is -3.34. The largest absolute Gasteiger partial charge is 0.444 e. The highest BCUT2D eigenvalue weighted by Gasteiger charge is 2.44. The van der Waals surface area contributed by atoms with Crippen molar-refractivity contribution >= 4 is 16.1 Å². The monoisotopic (exact) mass is 639 g/mol. The molecule has 0 aliphatic carbocycles. The molecule has 7 nitrogen and oxygen atoms in total. The van der Waals surface area contributed by atoms with Crippen molar-refractivity contribution < 1.29 is 26.7 Å². The van der Waals surface area contributed by atoms with Crippen molar-refractivity contribution in [2.24, 2.45) is 0 Å². The van der Waals surface area contributed by atoms with Gasteiger partial charge in [0.1, 0.15) is 5.60 Å².